The van der Waals surface area contributed by atoms with Gasteiger partial charge in [0.15, 0.2) is 0 Å². The number of nitrogens with zero attached hydrogens (tertiary/aromatic N) is 4. The molecular formula is C36H50FN7O4. The molecule has 4 atom stereocenters. The molecular weight excluding hydrogens is 613 g/mol. The number of anilines is 1. The molecule has 0 unspecified atom stereocenters. The maximum atomic E-state index is 15.8. The number of amides is 4. The van der Waals surface area contributed by atoms with Crippen LogP contribution in [0.25, 0.3) is 0 Å². The van der Waals surface area contributed by atoms with Crippen molar-refractivity contribution in [1.82, 2.24) is 30.2 Å². The lowest BCUT2D eigenvalue weighted by Crippen LogP contribution is -2.58. The van der Waals surface area contributed by atoms with Crippen LogP contribution < -0.4 is 16.0 Å². The summed E-state index contributed by atoms with van der Waals surface area (Å²) in [5, 5.41) is 12.9. The van der Waals surface area contributed by atoms with Gasteiger partial charge in [0.2, 0.25) is 17.7 Å². The SMILES string of the molecule is CCn1nccc1C(=O)N[C@H](C(=O)Nc1ccc([C@H](C)[C@@H](NC(=O)CC2CC2)C(=O)N2CCN(C)[C@H](C)C2)cc1F)C(C1CC1)C1CC1. The number of hydrogen-bond acceptors (Lipinski definition) is 6. The Morgan fingerprint density at radius 2 is 1.69 bits per heavy atom. The van der Waals surface area contributed by atoms with Crippen molar-refractivity contribution in [3.63, 3.8) is 0 Å². The van der Waals surface area contributed by atoms with Crippen molar-refractivity contribution in [3.05, 3.63) is 47.5 Å². The van der Waals surface area contributed by atoms with Crippen molar-refractivity contribution < 1.29 is 23.6 Å². The van der Waals surface area contributed by atoms with Crippen LogP contribution in [0.1, 0.15) is 87.7 Å². The number of aromatic nitrogens is 2. The van der Waals surface area contributed by atoms with Crippen molar-refractivity contribution in [2.24, 2.45) is 23.7 Å². The summed E-state index contributed by atoms with van der Waals surface area (Å²) in [6.07, 6.45) is 8.04. The van der Waals surface area contributed by atoms with Gasteiger partial charge in [0.05, 0.1) is 5.69 Å². The van der Waals surface area contributed by atoms with Crippen LogP contribution in [0.4, 0.5) is 10.1 Å². The Kier molecular flexibility index (Phi) is 10.2. The van der Waals surface area contributed by atoms with Crippen molar-refractivity contribution in [1.29, 1.82) is 0 Å². The van der Waals surface area contributed by atoms with Crippen molar-refractivity contribution in [2.75, 3.05) is 32.0 Å². The highest BCUT2D eigenvalue weighted by Gasteiger charge is 2.48. The zero-order valence-corrected chi connectivity index (χ0v) is 28.6. The second-order valence-corrected chi connectivity index (χ2v) is 14.6. The fourth-order valence-corrected chi connectivity index (χ4v) is 7.20. The highest BCUT2D eigenvalue weighted by Crippen LogP contribution is 2.51. The molecule has 260 valence electrons. The van der Waals surface area contributed by atoms with Crippen molar-refractivity contribution in [2.45, 2.75) is 96.3 Å². The van der Waals surface area contributed by atoms with Gasteiger partial charge in [0, 0.05) is 50.8 Å². The summed E-state index contributed by atoms with van der Waals surface area (Å²) < 4.78 is 17.4. The first-order valence-electron chi connectivity index (χ1n) is 17.7. The number of aryl methyl sites for hydroxylation is 1. The second kappa shape index (κ2) is 14.4. The number of carbonyl (C=O) groups excluding carboxylic acids is 4. The summed E-state index contributed by atoms with van der Waals surface area (Å²) in [6, 6.07) is 4.71. The Morgan fingerprint density at radius 1 is 0.979 bits per heavy atom. The first-order valence-corrected chi connectivity index (χ1v) is 17.7. The number of nitrogens with one attached hydrogen (secondary N) is 3. The van der Waals surface area contributed by atoms with E-state index in [9.17, 15) is 19.2 Å². The van der Waals surface area contributed by atoms with Crippen LogP contribution in [0, 0.1) is 29.5 Å². The van der Waals surface area contributed by atoms with Gasteiger partial charge >= 0.3 is 0 Å². The molecule has 1 aromatic carbocycles. The van der Waals surface area contributed by atoms with E-state index in [1.807, 2.05) is 20.9 Å². The molecule has 0 bridgehead atoms. The summed E-state index contributed by atoms with van der Waals surface area (Å²) in [4.78, 5) is 58.0. The quantitative estimate of drug-likeness (QED) is 0.283. The molecule has 3 aliphatic carbocycles. The van der Waals surface area contributed by atoms with Gasteiger partial charge in [-0.25, -0.2) is 4.39 Å². The van der Waals surface area contributed by atoms with E-state index >= 15 is 4.39 Å². The highest BCUT2D eigenvalue weighted by atomic mass is 19.1. The van der Waals surface area contributed by atoms with E-state index in [1.54, 1.807) is 27.9 Å². The minimum absolute atomic E-state index is 0.00711. The Hall–Kier alpha value is -3.80. The maximum Gasteiger partial charge on any atom is 0.270 e. The fourth-order valence-electron chi connectivity index (χ4n) is 7.20. The van der Waals surface area contributed by atoms with E-state index in [0.717, 1.165) is 45.1 Å². The van der Waals surface area contributed by atoms with Crippen molar-refractivity contribution in [3.8, 4) is 0 Å². The van der Waals surface area contributed by atoms with Gasteiger partial charge in [0.1, 0.15) is 23.6 Å². The normalized spacial score (nSPS) is 21.8. The largest absolute Gasteiger partial charge is 0.344 e. The van der Waals surface area contributed by atoms with Crippen LogP contribution in [-0.4, -0.2) is 88.0 Å². The molecule has 0 radical (unpaired) electrons. The van der Waals surface area contributed by atoms with Gasteiger partial charge in [0.25, 0.3) is 5.91 Å². The first-order chi connectivity index (χ1) is 23.0. The molecule has 1 saturated heterocycles. The average molecular weight is 664 g/mol. The van der Waals surface area contributed by atoms with E-state index in [1.165, 1.54) is 12.1 Å². The monoisotopic (exact) mass is 663 g/mol. The van der Waals surface area contributed by atoms with Crippen LogP contribution in [-0.2, 0) is 20.9 Å². The summed E-state index contributed by atoms with van der Waals surface area (Å²) >= 11 is 0. The lowest BCUT2D eigenvalue weighted by molar-refractivity contribution is -0.139. The molecule has 4 fully saturated rings. The van der Waals surface area contributed by atoms with E-state index in [4.69, 9.17) is 0 Å². The third-order valence-electron chi connectivity index (χ3n) is 10.8. The minimum Gasteiger partial charge on any atom is -0.344 e. The Bertz CT molecular complexity index is 1510. The fraction of sp³-hybridized carbons (Fsp3) is 0.639. The Morgan fingerprint density at radius 3 is 2.29 bits per heavy atom. The zero-order chi connectivity index (χ0) is 34.1. The van der Waals surface area contributed by atoms with Crippen LogP contribution in [0.5, 0.6) is 0 Å². The predicted molar refractivity (Wildman–Crippen MR) is 179 cm³/mol. The topological polar surface area (TPSA) is 129 Å². The number of halogens is 1. The molecule has 12 heteroatoms. The molecule has 0 spiro atoms. The van der Waals surface area contributed by atoms with Gasteiger partial charge in [-0.15, -0.1) is 0 Å². The van der Waals surface area contributed by atoms with Crippen LogP contribution >= 0.6 is 0 Å². The average Bonchev–Trinajstić information content (AvgIpc) is 3.95. The molecule has 11 nitrogen and oxygen atoms in total. The number of rotatable bonds is 14. The molecule has 48 heavy (non-hydrogen) atoms. The van der Waals surface area contributed by atoms with Crippen molar-refractivity contribution >= 4 is 29.3 Å². The van der Waals surface area contributed by atoms with E-state index in [0.29, 0.717) is 55.1 Å². The molecule has 2 aromatic rings. The van der Waals surface area contributed by atoms with E-state index < -0.39 is 29.7 Å². The van der Waals surface area contributed by atoms with Crippen LogP contribution in [0.15, 0.2) is 30.5 Å². The number of carbonyl (C=O) groups is 4. The summed E-state index contributed by atoms with van der Waals surface area (Å²) in [5.41, 5.74) is 0.932. The summed E-state index contributed by atoms with van der Waals surface area (Å²) in [5.74, 6) is -1.25. The van der Waals surface area contributed by atoms with Gasteiger partial charge in [-0.3, -0.25) is 23.9 Å². The lowest BCUT2D eigenvalue weighted by atomic mass is 9.88. The molecule has 6 rings (SSSR count). The molecule has 4 aliphatic rings. The first kappa shape index (κ1) is 34.1. The molecule has 4 amide bonds. The minimum atomic E-state index is -0.847. The number of piperazine rings is 1. The van der Waals surface area contributed by atoms with Crippen LogP contribution in [0.2, 0.25) is 0 Å². The lowest BCUT2D eigenvalue weighted by Gasteiger charge is -2.40. The smallest absolute Gasteiger partial charge is 0.270 e. The third-order valence-corrected chi connectivity index (χ3v) is 10.8. The van der Waals surface area contributed by atoms with E-state index in [-0.39, 0.29) is 35.4 Å². The highest BCUT2D eigenvalue weighted by molar-refractivity contribution is 6.01. The Labute approximate surface area is 282 Å². The van der Waals surface area contributed by atoms with Gasteiger partial charge in [-0.2, -0.15) is 5.10 Å². The predicted octanol–water partition coefficient (Wildman–Crippen LogP) is 3.77. The number of hydrogen-bond donors (Lipinski definition) is 3. The Balaban J connectivity index is 1.19. The summed E-state index contributed by atoms with van der Waals surface area (Å²) in [7, 11) is 2.03. The maximum absolute atomic E-state index is 15.8. The molecule has 1 aliphatic heterocycles. The number of benzene rings is 1. The summed E-state index contributed by atoms with van der Waals surface area (Å²) in [6.45, 7) is 8.15. The van der Waals surface area contributed by atoms with Gasteiger partial charge < -0.3 is 25.8 Å². The number of likely N-dealkylation sites (N-methyl/N-ethyl adjacent to an activating group) is 1. The van der Waals surface area contributed by atoms with E-state index in [2.05, 4.69) is 32.9 Å². The molecule has 3 saturated carbocycles. The van der Waals surface area contributed by atoms with Crippen LogP contribution in [0.3, 0.4) is 0 Å². The molecule has 3 N–H and O–H groups in total. The van der Waals surface area contributed by atoms with Gasteiger partial charge in [-0.1, -0.05) is 13.0 Å². The second-order valence-electron chi connectivity index (χ2n) is 14.6. The molecule has 2 heterocycles. The third kappa shape index (κ3) is 7.90. The molecule has 1 aromatic heterocycles. The standard InChI is InChI=1S/C36H50FN7O4/c1-5-44-29(14-15-38-44)34(46)41-33(31(24-8-9-24)25-10-11-25)35(47)39-28-13-12-26(19-27(28)37)22(3)32(40-30(45)18-23-6-7-23)36(48)43-17-16-42(4)21(2)20-43/h12-15,19,21-25,31-33H,5-11,16-18,20H2,1-4H3,(H,39,47)(H,40,45)(H,41,46)/t21-,22+,32-,33+/m1/s1. The zero-order valence-electron chi connectivity index (χ0n) is 28.6. The van der Waals surface area contributed by atoms with Gasteiger partial charge in [-0.05, 0) is 107 Å².